The van der Waals surface area contributed by atoms with Crippen LogP contribution in [0.1, 0.15) is 13.8 Å². The van der Waals surface area contributed by atoms with Gasteiger partial charge in [0, 0.05) is 39.3 Å². The summed E-state index contributed by atoms with van der Waals surface area (Å²) in [5, 5.41) is 3.24. The molecule has 0 unspecified atom stereocenters. The molecule has 1 saturated heterocycles. The van der Waals surface area contributed by atoms with Crippen molar-refractivity contribution in [1.82, 2.24) is 14.9 Å². The fourth-order valence-corrected chi connectivity index (χ4v) is 2.79. The van der Waals surface area contributed by atoms with E-state index < -0.39 is 10.0 Å². The Hall–Kier alpha value is -0.210. The van der Waals surface area contributed by atoms with Gasteiger partial charge in [0.2, 0.25) is 10.0 Å². The molecule has 0 aromatic heterocycles. The molecule has 1 heterocycles. The number of rotatable bonds is 8. The van der Waals surface area contributed by atoms with E-state index in [-0.39, 0.29) is 11.9 Å². The quantitative estimate of drug-likeness (QED) is 0.571. The van der Waals surface area contributed by atoms with Gasteiger partial charge in [0.25, 0.3) is 0 Å². The third-order valence-electron chi connectivity index (χ3n) is 2.76. The van der Waals surface area contributed by atoms with Crippen LogP contribution in [-0.2, 0) is 14.8 Å². The minimum Gasteiger partial charge on any atom is -0.377 e. The maximum absolute atomic E-state index is 11.7. The van der Waals surface area contributed by atoms with Gasteiger partial charge in [-0.05, 0) is 13.8 Å². The van der Waals surface area contributed by atoms with Gasteiger partial charge >= 0.3 is 0 Å². The second-order valence-corrected chi connectivity index (χ2v) is 6.65. The largest absolute Gasteiger partial charge is 0.377 e. The summed E-state index contributed by atoms with van der Waals surface area (Å²) < 4.78 is 31.3. The van der Waals surface area contributed by atoms with E-state index in [0.29, 0.717) is 19.7 Å². The van der Waals surface area contributed by atoms with Crippen LogP contribution >= 0.6 is 0 Å². The molecule has 0 radical (unpaired) electrons. The van der Waals surface area contributed by atoms with E-state index in [9.17, 15) is 8.42 Å². The fraction of sp³-hybridized carbons (Fsp3) is 1.00. The summed E-state index contributed by atoms with van der Waals surface area (Å²) in [7, 11) is -3.17. The SMILES string of the molecule is CC(C)OCCNS(=O)(=O)CCN1CCNCC1. The van der Waals surface area contributed by atoms with Crippen molar-refractivity contribution >= 4 is 10.0 Å². The summed E-state index contributed by atoms with van der Waals surface area (Å²) in [4.78, 5) is 2.17. The Morgan fingerprint density at radius 3 is 2.61 bits per heavy atom. The Balaban J connectivity index is 2.14. The molecule has 0 aromatic rings. The highest BCUT2D eigenvalue weighted by Crippen LogP contribution is 1.94. The number of hydrogen-bond donors (Lipinski definition) is 2. The topological polar surface area (TPSA) is 70.7 Å². The standard InChI is InChI=1S/C11H25N3O3S/c1-11(2)17-9-5-13-18(15,16)10-8-14-6-3-12-4-7-14/h11-13H,3-10H2,1-2H3. The summed E-state index contributed by atoms with van der Waals surface area (Å²) in [6, 6.07) is 0. The number of nitrogens with zero attached hydrogens (tertiary/aromatic N) is 1. The van der Waals surface area contributed by atoms with Crippen molar-refractivity contribution in [3.05, 3.63) is 0 Å². The Morgan fingerprint density at radius 1 is 1.33 bits per heavy atom. The molecule has 1 rings (SSSR count). The Morgan fingerprint density at radius 2 is 2.00 bits per heavy atom. The molecular formula is C11H25N3O3S. The number of sulfonamides is 1. The predicted molar refractivity (Wildman–Crippen MR) is 72.2 cm³/mol. The smallest absolute Gasteiger partial charge is 0.212 e. The molecule has 0 atom stereocenters. The predicted octanol–water partition coefficient (Wildman–Crippen LogP) is -0.764. The molecule has 18 heavy (non-hydrogen) atoms. The lowest BCUT2D eigenvalue weighted by atomic mass is 10.4. The molecule has 6 nitrogen and oxygen atoms in total. The summed E-state index contributed by atoms with van der Waals surface area (Å²) in [5.41, 5.74) is 0. The van der Waals surface area contributed by atoms with Crippen LogP contribution in [0.25, 0.3) is 0 Å². The lowest BCUT2D eigenvalue weighted by Gasteiger charge is -2.26. The summed E-state index contributed by atoms with van der Waals surface area (Å²) in [5.74, 6) is 0.161. The first-order valence-corrected chi connectivity index (χ1v) is 8.17. The van der Waals surface area contributed by atoms with Gasteiger partial charge in [-0.25, -0.2) is 13.1 Å². The first kappa shape index (κ1) is 15.8. The summed E-state index contributed by atoms with van der Waals surface area (Å²) in [6.45, 7) is 8.95. The summed E-state index contributed by atoms with van der Waals surface area (Å²) >= 11 is 0. The van der Waals surface area contributed by atoms with Crippen molar-refractivity contribution in [2.24, 2.45) is 0 Å². The lowest BCUT2D eigenvalue weighted by molar-refractivity contribution is 0.0833. The normalized spacial score (nSPS) is 18.4. The van der Waals surface area contributed by atoms with Crippen molar-refractivity contribution < 1.29 is 13.2 Å². The highest BCUT2D eigenvalue weighted by atomic mass is 32.2. The van der Waals surface area contributed by atoms with Crippen molar-refractivity contribution in [2.45, 2.75) is 20.0 Å². The second-order valence-electron chi connectivity index (χ2n) is 4.72. The molecule has 0 spiro atoms. The van der Waals surface area contributed by atoms with Crippen LogP contribution < -0.4 is 10.0 Å². The van der Waals surface area contributed by atoms with Crippen LogP contribution in [0.2, 0.25) is 0 Å². The zero-order chi connectivity index (χ0) is 13.4. The van der Waals surface area contributed by atoms with Crippen molar-refractivity contribution in [2.75, 3.05) is 51.6 Å². The van der Waals surface area contributed by atoms with Gasteiger partial charge in [0.15, 0.2) is 0 Å². The number of ether oxygens (including phenoxy) is 1. The van der Waals surface area contributed by atoms with Gasteiger partial charge in [0.1, 0.15) is 0 Å². The third-order valence-corrected chi connectivity index (χ3v) is 4.13. The molecule has 1 aliphatic heterocycles. The Labute approximate surface area is 110 Å². The van der Waals surface area contributed by atoms with E-state index in [2.05, 4.69) is 14.9 Å². The van der Waals surface area contributed by atoms with Crippen molar-refractivity contribution in [1.29, 1.82) is 0 Å². The van der Waals surface area contributed by atoms with Gasteiger partial charge in [-0.15, -0.1) is 0 Å². The Bertz CT molecular complexity index is 313. The van der Waals surface area contributed by atoms with Crippen LogP contribution in [0.5, 0.6) is 0 Å². The van der Waals surface area contributed by atoms with E-state index in [4.69, 9.17) is 4.74 Å². The second kappa shape index (κ2) is 8.06. The van der Waals surface area contributed by atoms with E-state index in [1.54, 1.807) is 0 Å². The molecule has 108 valence electrons. The average Bonchev–Trinajstić information content (AvgIpc) is 2.34. The molecule has 1 aliphatic rings. The highest BCUT2D eigenvalue weighted by Gasteiger charge is 2.14. The maximum atomic E-state index is 11.7. The fourth-order valence-electron chi connectivity index (χ4n) is 1.75. The average molecular weight is 279 g/mol. The van der Waals surface area contributed by atoms with Crippen LogP contribution in [-0.4, -0.2) is 71.0 Å². The molecule has 0 amide bonds. The zero-order valence-corrected chi connectivity index (χ0v) is 12.1. The van der Waals surface area contributed by atoms with Gasteiger partial charge in [-0.2, -0.15) is 0 Å². The van der Waals surface area contributed by atoms with Gasteiger partial charge < -0.3 is 10.1 Å². The van der Waals surface area contributed by atoms with E-state index in [1.807, 2.05) is 13.8 Å². The van der Waals surface area contributed by atoms with Crippen molar-refractivity contribution in [3.8, 4) is 0 Å². The number of piperazine rings is 1. The van der Waals surface area contributed by atoms with Crippen LogP contribution in [0.15, 0.2) is 0 Å². The molecule has 0 aliphatic carbocycles. The van der Waals surface area contributed by atoms with Gasteiger partial charge in [-0.1, -0.05) is 0 Å². The summed E-state index contributed by atoms with van der Waals surface area (Å²) in [6.07, 6.45) is 0.135. The number of hydrogen-bond acceptors (Lipinski definition) is 5. The minimum atomic E-state index is -3.17. The lowest BCUT2D eigenvalue weighted by Crippen LogP contribution is -2.46. The van der Waals surface area contributed by atoms with E-state index in [0.717, 1.165) is 26.2 Å². The molecule has 0 saturated carbocycles. The van der Waals surface area contributed by atoms with Crippen LogP contribution in [0.4, 0.5) is 0 Å². The first-order chi connectivity index (χ1) is 8.49. The molecule has 1 fully saturated rings. The van der Waals surface area contributed by atoms with Crippen LogP contribution in [0, 0.1) is 0 Å². The molecule has 2 N–H and O–H groups in total. The molecular weight excluding hydrogens is 254 g/mol. The maximum Gasteiger partial charge on any atom is 0.212 e. The molecule has 0 aromatic carbocycles. The first-order valence-electron chi connectivity index (χ1n) is 6.51. The van der Waals surface area contributed by atoms with Gasteiger partial charge in [-0.3, -0.25) is 4.90 Å². The van der Waals surface area contributed by atoms with Crippen LogP contribution in [0.3, 0.4) is 0 Å². The Kier molecular flexibility index (Phi) is 7.10. The van der Waals surface area contributed by atoms with Gasteiger partial charge in [0.05, 0.1) is 18.5 Å². The van der Waals surface area contributed by atoms with E-state index in [1.165, 1.54) is 0 Å². The zero-order valence-electron chi connectivity index (χ0n) is 11.3. The van der Waals surface area contributed by atoms with Crippen molar-refractivity contribution in [3.63, 3.8) is 0 Å². The highest BCUT2D eigenvalue weighted by molar-refractivity contribution is 7.89. The van der Waals surface area contributed by atoms with E-state index >= 15 is 0 Å². The monoisotopic (exact) mass is 279 g/mol. The third kappa shape index (κ3) is 7.27. The minimum absolute atomic E-state index is 0.135. The number of nitrogens with one attached hydrogen (secondary N) is 2. The molecule has 0 bridgehead atoms. The molecule has 7 heteroatoms.